The molecule has 0 aliphatic carbocycles. The summed E-state index contributed by atoms with van der Waals surface area (Å²) in [4.78, 5) is 41.6. The molecule has 0 unspecified atom stereocenters. The van der Waals surface area contributed by atoms with Gasteiger partial charge in [-0.3, -0.25) is 9.59 Å². The van der Waals surface area contributed by atoms with E-state index in [0.29, 0.717) is 17.9 Å². The summed E-state index contributed by atoms with van der Waals surface area (Å²) in [5.74, 6) is -1.95. The number of carbonyl (C=O) groups is 3. The van der Waals surface area contributed by atoms with Gasteiger partial charge in [0.2, 0.25) is 5.78 Å². The zero-order chi connectivity index (χ0) is 23.4. The van der Waals surface area contributed by atoms with Crippen molar-refractivity contribution in [3.63, 3.8) is 0 Å². The third-order valence-corrected chi connectivity index (χ3v) is 5.23. The Morgan fingerprint density at radius 3 is 2.41 bits per heavy atom. The highest BCUT2D eigenvalue weighted by Crippen LogP contribution is 2.19. The summed E-state index contributed by atoms with van der Waals surface area (Å²) < 4.78 is 1.70. The van der Waals surface area contributed by atoms with Crippen LogP contribution >= 0.6 is 0 Å². The lowest BCUT2D eigenvalue weighted by molar-refractivity contribution is 0.0696. The number of amides is 1. The molecule has 0 saturated heterocycles. The van der Waals surface area contributed by atoms with E-state index in [1.54, 1.807) is 17.6 Å². The van der Waals surface area contributed by atoms with E-state index in [-0.39, 0.29) is 28.8 Å². The van der Waals surface area contributed by atoms with Crippen LogP contribution in [0.1, 0.15) is 56.6 Å². The zero-order valence-electron chi connectivity index (χ0n) is 18.2. The molecule has 0 saturated carbocycles. The summed E-state index contributed by atoms with van der Waals surface area (Å²) in [7, 11) is 0. The van der Waals surface area contributed by atoms with Crippen LogP contribution in [-0.2, 0) is 6.54 Å². The predicted molar refractivity (Wildman–Crippen MR) is 121 cm³/mol. The Morgan fingerprint density at radius 2 is 1.78 bits per heavy atom. The molecule has 8 heteroatoms. The lowest BCUT2D eigenvalue weighted by Gasteiger charge is -2.15. The molecule has 32 heavy (non-hydrogen) atoms. The summed E-state index contributed by atoms with van der Waals surface area (Å²) in [6.45, 7) is 5.77. The largest absolute Gasteiger partial charge is 0.478 e. The van der Waals surface area contributed by atoms with Crippen molar-refractivity contribution in [2.24, 2.45) is 11.7 Å². The molecule has 0 aliphatic heterocycles. The summed E-state index contributed by atoms with van der Waals surface area (Å²) in [5, 5.41) is 11.8. The fourth-order valence-corrected chi connectivity index (χ4v) is 3.27. The fourth-order valence-electron chi connectivity index (χ4n) is 3.27. The second kappa shape index (κ2) is 9.57. The van der Waals surface area contributed by atoms with Gasteiger partial charge in [0.15, 0.2) is 5.82 Å². The summed E-state index contributed by atoms with van der Waals surface area (Å²) in [6, 6.07) is 14.7. The number of aromatic carboxylic acids is 1. The number of rotatable bonds is 8. The van der Waals surface area contributed by atoms with Crippen LogP contribution in [0.25, 0.3) is 0 Å². The highest BCUT2D eigenvalue weighted by molar-refractivity contribution is 6.06. The Balaban J connectivity index is 1.99. The molecule has 0 bridgehead atoms. The number of ketones is 1. The Kier molecular flexibility index (Phi) is 6.85. The van der Waals surface area contributed by atoms with Crippen LogP contribution in [0, 0.1) is 12.8 Å². The fraction of sp³-hybridized carbons (Fsp3) is 0.250. The van der Waals surface area contributed by atoms with Crippen molar-refractivity contribution in [3.05, 3.63) is 82.9 Å². The number of hydrogen-bond donors (Lipinski definition) is 3. The van der Waals surface area contributed by atoms with Gasteiger partial charge in [-0.2, -0.15) is 0 Å². The molecule has 1 heterocycles. The van der Waals surface area contributed by atoms with Crippen molar-refractivity contribution in [3.8, 4) is 0 Å². The molecule has 2 aromatic carbocycles. The minimum Gasteiger partial charge on any atom is -0.478 e. The van der Waals surface area contributed by atoms with E-state index in [4.69, 9.17) is 10.8 Å². The molecule has 0 fully saturated rings. The average molecular weight is 434 g/mol. The van der Waals surface area contributed by atoms with E-state index in [1.165, 1.54) is 18.2 Å². The number of carbonyl (C=O) groups excluding carboxylic acids is 2. The highest BCUT2D eigenvalue weighted by atomic mass is 16.4. The maximum atomic E-state index is 13.1. The van der Waals surface area contributed by atoms with Crippen molar-refractivity contribution in [2.45, 2.75) is 33.4 Å². The molecular formula is C24H26N4O4. The van der Waals surface area contributed by atoms with Gasteiger partial charge in [-0.15, -0.1) is 0 Å². The number of anilines is 1. The Bertz CT molecular complexity index is 1150. The molecule has 1 atom stereocenters. The second-order valence-corrected chi connectivity index (χ2v) is 7.92. The maximum Gasteiger partial charge on any atom is 0.335 e. The van der Waals surface area contributed by atoms with Crippen molar-refractivity contribution in [1.29, 1.82) is 0 Å². The zero-order valence-corrected chi connectivity index (χ0v) is 18.2. The third-order valence-electron chi connectivity index (χ3n) is 5.23. The quantitative estimate of drug-likeness (QED) is 0.467. The first-order valence-electron chi connectivity index (χ1n) is 10.2. The number of imidazole rings is 1. The monoisotopic (exact) mass is 434 g/mol. The molecule has 0 aliphatic rings. The number of carboxylic acid groups (broad SMARTS) is 1. The van der Waals surface area contributed by atoms with Crippen LogP contribution in [-0.4, -0.2) is 38.4 Å². The SMILES string of the molecule is Cc1c(C(=O)Nc2cccc(C(=O)O)c2)nc(C(=O)[C@@H](N)C(C)C)n1Cc1ccccc1. The lowest BCUT2D eigenvalue weighted by Crippen LogP contribution is -2.37. The van der Waals surface area contributed by atoms with Crippen LogP contribution in [0.3, 0.4) is 0 Å². The molecule has 4 N–H and O–H groups in total. The molecule has 8 nitrogen and oxygen atoms in total. The van der Waals surface area contributed by atoms with Crippen LogP contribution in [0.15, 0.2) is 54.6 Å². The Labute approximate surface area is 186 Å². The van der Waals surface area contributed by atoms with Crippen LogP contribution in [0.5, 0.6) is 0 Å². The standard InChI is InChI=1S/C24H26N4O4/c1-14(2)19(25)21(29)22-27-20(15(3)28(22)13-16-8-5-4-6-9-16)23(30)26-18-11-7-10-17(12-18)24(31)32/h4-12,14,19H,13,25H2,1-3H3,(H,26,30)(H,31,32)/t19-/m0/s1. The minimum atomic E-state index is -1.10. The molecule has 0 radical (unpaired) electrons. The first-order chi connectivity index (χ1) is 15.2. The Hall–Kier alpha value is -3.78. The van der Waals surface area contributed by atoms with Crippen LogP contribution in [0.4, 0.5) is 5.69 Å². The van der Waals surface area contributed by atoms with Crippen molar-refractivity contribution < 1.29 is 19.5 Å². The number of nitrogens with zero attached hydrogens (tertiary/aromatic N) is 2. The Morgan fingerprint density at radius 1 is 1.09 bits per heavy atom. The molecule has 1 aromatic heterocycles. The smallest absolute Gasteiger partial charge is 0.335 e. The number of benzene rings is 2. The predicted octanol–water partition coefficient (Wildman–Crippen LogP) is 3.36. The molecule has 3 rings (SSSR count). The summed E-state index contributed by atoms with van der Waals surface area (Å²) in [6.07, 6.45) is 0. The molecule has 166 valence electrons. The first-order valence-corrected chi connectivity index (χ1v) is 10.2. The van der Waals surface area contributed by atoms with Gasteiger partial charge in [0, 0.05) is 17.9 Å². The lowest BCUT2D eigenvalue weighted by atomic mass is 10.0. The maximum absolute atomic E-state index is 13.1. The van der Waals surface area contributed by atoms with E-state index in [1.807, 2.05) is 44.2 Å². The van der Waals surface area contributed by atoms with Crippen molar-refractivity contribution in [2.75, 3.05) is 5.32 Å². The van der Waals surface area contributed by atoms with Gasteiger partial charge in [0.05, 0.1) is 11.6 Å². The summed E-state index contributed by atoms with van der Waals surface area (Å²) in [5.41, 5.74) is 8.01. The van der Waals surface area contributed by atoms with Gasteiger partial charge in [0.25, 0.3) is 5.91 Å². The van der Waals surface area contributed by atoms with E-state index < -0.39 is 17.9 Å². The van der Waals surface area contributed by atoms with E-state index in [2.05, 4.69) is 10.3 Å². The number of Topliss-reactive ketones (excluding diaryl/α,β-unsaturated/α-hetero) is 1. The third kappa shape index (κ3) is 4.92. The van der Waals surface area contributed by atoms with Crippen molar-refractivity contribution >= 4 is 23.3 Å². The molecule has 0 spiro atoms. The molecule has 1 amide bonds. The molecular weight excluding hydrogens is 408 g/mol. The highest BCUT2D eigenvalue weighted by Gasteiger charge is 2.28. The molecule has 3 aromatic rings. The van der Waals surface area contributed by atoms with Crippen LogP contribution in [0.2, 0.25) is 0 Å². The topological polar surface area (TPSA) is 127 Å². The number of hydrogen-bond acceptors (Lipinski definition) is 5. The van der Waals surface area contributed by atoms with Crippen molar-refractivity contribution in [1.82, 2.24) is 9.55 Å². The summed E-state index contributed by atoms with van der Waals surface area (Å²) >= 11 is 0. The van der Waals surface area contributed by atoms with Gasteiger partial charge in [0.1, 0.15) is 5.69 Å². The van der Waals surface area contributed by atoms with Gasteiger partial charge < -0.3 is 20.7 Å². The van der Waals surface area contributed by atoms with Gasteiger partial charge in [-0.1, -0.05) is 50.2 Å². The number of nitrogens with one attached hydrogen (secondary N) is 1. The second-order valence-electron chi connectivity index (χ2n) is 7.92. The van der Waals surface area contributed by atoms with Gasteiger partial charge in [-0.05, 0) is 36.6 Å². The normalized spacial score (nSPS) is 11.9. The van der Waals surface area contributed by atoms with Crippen LogP contribution < -0.4 is 11.1 Å². The minimum absolute atomic E-state index is 0.0490. The van der Waals surface area contributed by atoms with Gasteiger partial charge >= 0.3 is 5.97 Å². The average Bonchev–Trinajstić information content (AvgIpc) is 3.09. The number of aromatic nitrogens is 2. The van der Waals surface area contributed by atoms with E-state index in [0.717, 1.165) is 5.56 Å². The number of carboxylic acids is 1. The van der Waals surface area contributed by atoms with E-state index in [9.17, 15) is 14.4 Å². The first kappa shape index (κ1) is 22.9. The number of nitrogens with two attached hydrogens (primary N) is 1. The van der Waals surface area contributed by atoms with E-state index >= 15 is 0 Å². The van der Waals surface area contributed by atoms with Gasteiger partial charge in [-0.25, -0.2) is 9.78 Å².